The Labute approximate surface area is 116 Å². The molecule has 0 spiro atoms. The molecular weight excluding hydrogens is 265 g/mol. The van der Waals surface area contributed by atoms with Crippen molar-refractivity contribution in [1.82, 2.24) is 5.32 Å². The van der Waals surface area contributed by atoms with Gasteiger partial charge in [-0.15, -0.1) is 0 Å². The molecule has 0 saturated heterocycles. The van der Waals surface area contributed by atoms with Crippen molar-refractivity contribution in [3.8, 4) is 0 Å². The summed E-state index contributed by atoms with van der Waals surface area (Å²) in [4.78, 5) is 0. The second kappa shape index (κ2) is 6.66. The van der Waals surface area contributed by atoms with Gasteiger partial charge in [-0.25, -0.2) is 4.39 Å². The molecule has 0 bridgehead atoms. The van der Waals surface area contributed by atoms with Crippen molar-refractivity contribution in [2.75, 3.05) is 13.2 Å². The monoisotopic (exact) mass is 279 g/mol. The van der Waals surface area contributed by atoms with Gasteiger partial charge in [-0.3, -0.25) is 0 Å². The molecular formula is C15H15ClFNO. The first-order valence-electron chi connectivity index (χ1n) is 6.06. The van der Waals surface area contributed by atoms with Gasteiger partial charge < -0.3 is 10.4 Å². The lowest BCUT2D eigenvalue weighted by Crippen LogP contribution is -2.25. The molecule has 0 aliphatic carbocycles. The first-order chi connectivity index (χ1) is 9.20. The molecule has 0 aromatic heterocycles. The number of halogens is 2. The number of benzene rings is 2. The number of aliphatic hydroxyl groups is 1. The van der Waals surface area contributed by atoms with Crippen molar-refractivity contribution in [1.29, 1.82) is 0 Å². The Kier molecular flexibility index (Phi) is 4.91. The van der Waals surface area contributed by atoms with Gasteiger partial charge in [0.1, 0.15) is 5.82 Å². The van der Waals surface area contributed by atoms with Crippen LogP contribution < -0.4 is 5.32 Å². The first-order valence-corrected chi connectivity index (χ1v) is 6.43. The topological polar surface area (TPSA) is 32.3 Å². The van der Waals surface area contributed by atoms with E-state index in [0.717, 1.165) is 11.1 Å². The van der Waals surface area contributed by atoms with Crippen LogP contribution in [-0.4, -0.2) is 18.3 Å². The van der Waals surface area contributed by atoms with E-state index in [9.17, 15) is 4.39 Å². The lowest BCUT2D eigenvalue weighted by atomic mass is 9.98. The molecule has 100 valence electrons. The maximum atomic E-state index is 13.3. The van der Waals surface area contributed by atoms with E-state index >= 15 is 0 Å². The number of rotatable bonds is 5. The minimum absolute atomic E-state index is 0.0202. The van der Waals surface area contributed by atoms with Crippen LogP contribution in [0.3, 0.4) is 0 Å². The fraction of sp³-hybridized carbons (Fsp3) is 0.200. The summed E-state index contributed by atoms with van der Waals surface area (Å²) in [6, 6.07) is 13.6. The molecule has 4 heteroatoms. The Morgan fingerprint density at radius 1 is 1.11 bits per heavy atom. The normalized spacial score (nSPS) is 12.4. The highest BCUT2D eigenvalue weighted by Crippen LogP contribution is 2.24. The summed E-state index contributed by atoms with van der Waals surface area (Å²) in [6.45, 7) is 0.445. The Morgan fingerprint density at radius 2 is 1.79 bits per heavy atom. The van der Waals surface area contributed by atoms with E-state index in [-0.39, 0.29) is 18.5 Å². The average molecular weight is 280 g/mol. The number of hydrogen-bond acceptors (Lipinski definition) is 2. The quantitative estimate of drug-likeness (QED) is 0.881. The average Bonchev–Trinajstić information content (AvgIpc) is 2.39. The highest BCUT2D eigenvalue weighted by Gasteiger charge is 2.14. The van der Waals surface area contributed by atoms with E-state index in [1.54, 1.807) is 12.1 Å². The summed E-state index contributed by atoms with van der Waals surface area (Å²) in [7, 11) is 0. The number of nitrogens with one attached hydrogen (secondary N) is 1. The Bertz CT molecular complexity index is 502. The summed E-state index contributed by atoms with van der Waals surface area (Å²) in [5.74, 6) is -0.282. The van der Waals surface area contributed by atoms with E-state index in [4.69, 9.17) is 16.7 Å². The summed E-state index contributed by atoms with van der Waals surface area (Å²) < 4.78 is 13.3. The van der Waals surface area contributed by atoms with Crippen molar-refractivity contribution in [3.05, 3.63) is 70.5 Å². The lowest BCUT2D eigenvalue weighted by Gasteiger charge is -2.19. The maximum absolute atomic E-state index is 13.3. The molecule has 0 saturated carbocycles. The third-order valence-corrected chi connectivity index (χ3v) is 3.06. The van der Waals surface area contributed by atoms with Gasteiger partial charge in [0.05, 0.1) is 12.6 Å². The number of aliphatic hydroxyl groups excluding tert-OH is 1. The molecule has 19 heavy (non-hydrogen) atoms. The van der Waals surface area contributed by atoms with Gasteiger partial charge in [-0.2, -0.15) is 0 Å². The largest absolute Gasteiger partial charge is 0.395 e. The van der Waals surface area contributed by atoms with Crippen LogP contribution in [0.5, 0.6) is 0 Å². The molecule has 0 aliphatic rings. The van der Waals surface area contributed by atoms with Crippen LogP contribution in [0.1, 0.15) is 17.2 Å². The van der Waals surface area contributed by atoms with Gasteiger partial charge in [-0.1, -0.05) is 35.9 Å². The van der Waals surface area contributed by atoms with Gasteiger partial charge in [-0.05, 0) is 35.4 Å². The predicted molar refractivity (Wildman–Crippen MR) is 74.8 cm³/mol. The zero-order valence-electron chi connectivity index (χ0n) is 10.3. The molecule has 0 aliphatic heterocycles. The Morgan fingerprint density at radius 3 is 2.42 bits per heavy atom. The standard InChI is InChI=1S/C15H15ClFNO/c16-13-5-1-3-11(9-13)15(18-7-8-19)12-4-2-6-14(17)10-12/h1-6,9-10,15,18-19H,7-8H2. The van der Waals surface area contributed by atoms with Crippen LogP contribution >= 0.6 is 11.6 Å². The van der Waals surface area contributed by atoms with Gasteiger partial charge in [0.25, 0.3) is 0 Å². The van der Waals surface area contributed by atoms with E-state index in [2.05, 4.69) is 5.32 Å². The molecule has 2 nitrogen and oxygen atoms in total. The van der Waals surface area contributed by atoms with Crippen molar-refractivity contribution < 1.29 is 9.50 Å². The van der Waals surface area contributed by atoms with Crippen LogP contribution in [0.15, 0.2) is 48.5 Å². The van der Waals surface area contributed by atoms with Crippen LogP contribution in [0.2, 0.25) is 5.02 Å². The van der Waals surface area contributed by atoms with Crippen molar-refractivity contribution in [2.24, 2.45) is 0 Å². The molecule has 2 aromatic carbocycles. The van der Waals surface area contributed by atoms with Crippen LogP contribution in [0.4, 0.5) is 4.39 Å². The fourth-order valence-electron chi connectivity index (χ4n) is 2.01. The summed E-state index contributed by atoms with van der Waals surface area (Å²) in [6.07, 6.45) is 0. The minimum Gasteiger partial charge on any atom is -0.395 e. The van der Waals surface area contributed by atoms with E-state index in [1.807, 2.05) is 24.3 Å². The minimum atomic E-state index is -0.282. The zero-order valence-corrected chi connectivity index (χ0v) is 11.1. The Hall–Kier alpha value is -1.42. The fourth-order valence-corrected chi connectivity index (χ4v) is 2.21. The molecule has 2 N–H and O–H groups in total. The van der Waals surface area contributed by atoms with Crippen molar-refractivity contribution in [2.45, 2.75) is 6.04 Å². The molecule has 0 amide bonds. The third kappa shape index (κ3) is 3.77. The molecule has 0 radical (unpaired) electrons. The van der Waals surface area contributed by atoms with E-state index in [0.29, 0.717) is 11.6 Å². The summed E-state index contributed by atoms with van der Waals surface area (Å²) in [5.41, 5.74) is 1.74. The Balaban J connectivity index is 2.35. The molecule has 1 atom stereocenters. The first kappa shape index (κ1) is 14.0. The van der Waals surface area contributed by atoms with Gasteiger partial charge in [0.15, 0.2) is 0 Å². The number of hydrogen-bond donors (Lipinski definition) is 2. The van der Waals surface area contributed by atoms with Crippen LogP contribution in [0.25, 0.3) is 0 Å². The van der Waals surface area contributed by atoms with Crippen molar-refractivity contribution in [3.63, 3.8) is 0 Å². The lowest BCUT2D eigenvalue weighted by molar-refractivity contribution is 0.288. The van der Waals surface area contributed by atoms with E-state index < -0.39 is 0 Å². The molecule has 0 fully saturated rings. The summed E-state index contributed by atoms with van der Waals surface area (Å²) >= 11 is 5.99. The SMILES string of the molecule is OCCNC(c1cccc(F)c1)c1cccc(Cl)c1. The third-order valence-electron chi connectivity index (χ3n) is 2.82. The molecule has 1 unspecified atom stereocenters. The second-order valence-corrected chi connectivity index (χ2v) is 4.66. The van der Waals surface area contributed by atoms with Gasteiger partial charge in [0.2, 0.25) is 0 Å². The van der Waals surface area contributed by atoms with Gasteiger partial charge in [0, 0.05) is 11.6 Å². The van der Waals surface area contributed by atoms with E-state index in [1.165, 1.54) is 12.1 Å². The molecule has 2 aromatic rings. The second-order valence-electron chi connectivity index (χ2n) is 4.22. The smallest absolute Gasteiger partial charge is 0.123 e. The maximum Gasteiger partial charge on any atom is 0.123 e. The van der Waals surface area contributed by atoms with Crippen LogP contribution in [-0.2, 0) is 0 Å². The van der Waals surface area contributed by atoms with Crippen molar-refractivity contribution >= 4 is 11.6 Å². The van der Waals surface area contributed by atoms with Crippen LogP contribution in [0, 0.1) is 5.82 Å². The highest BCUT2D eigenvalue weighted by molar-refractivity contribution is 6.30. The van der Waals surface area contributed by atoms with Gasteiger partial charge >= 0.3 is 0 Å². The zero-order chi connectivity index (χ0) is 13.7. The summed E-state index contributed by atoms with van der Waals surface area (Å²) in [5, 5.41) is 12.8. The molecule has 2 rings (SSSR count). The highest BCUT2D eigenvalue weighted by atomic mass is 35.5. The predicted octanol–water partition coefficient (Wildman–Crippen LogP) is 3.15. The molecule has 0 heterocycles.